The molecule has 9 nitrogen and oxygen atoms in total. The number of carbonyl (C=O) groups is 2. The van der Waals surface area contributed by atoms with Crippen LogP contribution in [0.3, 0.4) is 0 Å². The van der Waals surface area contributed by atoms with Gasteiger partial charge in [0, 0.05) is 7.05 Å². The minimum Gasteiger partial charge on any atom is -0.490 e. The summed E-state index contributed by atoms with van der Waals surface area (Å²) in [6.07, 6.45) is 1.87. The third kappa shape index (κ3) is 5.46. The third-order valence-electron chi connectivity index (χ3n) is 4.43. The highest BCUT2D eigenvalue weighted by Crippen LogP contribution is 2.36. The average molecular weight is 477 g/mol. The van der Waals surface area contributed by atoms with Crippen molar-refractivity contribution in [2.45, 2.75) is 39.7 Å². The monoisotopic (exact) mass is 476 g/mol. The van der Waals surface area contributed by atoms with Gasteiger partial charge in [-0.15, -0.1) is 10.2 Å². The summed E-state index contributed by atoms with van der Waals surface area (Å²) in [7, 11) is 1.66. The lowest BCUT2D eigenvalue weighted by atomic mass is 10.1. The van der Waals surface area contributed by atoms with Crippen LogP contribution in [0.2, 0.25) is 0 Å². The summed E-state index contributed by atoms with van der Waals surface area (Å²) in [5.74, 6) is -0.453. The molecule has 1 aromatic heterocycles. The van der Waals surface area contributed by atoms with Gasteiger partial charge in [0.15, 0.2) is 22.8 Å². The summed E-state index contributed by atoms with van der Waals surface area (Å²) in [4.78, 5) is 30.5. The fourth-order valence-corrected chi connectivity index (χ4v) is 4.44. The second-order valence-corrected chi connectivity index (χ2v) is 8.74. The Morgan fingerprint density at radius 3 is 2.69 bits per heavy atom. The molecule has 1 N–H and O–H groups in total. The maximum absolute atomic E-state index is 12.7. The molecule has 1 saturated heterocycles. The zero-order chi connectivity index (χ0) is 23.3. The molecule has 170 valence electrons. The van der Waals surface area contributed by atoms with Crippen molar-refractivity contribution in [1.82, 2.24) is 15.1 Å². The summed E-state index contributed by atoms with van der Waals surface area (Å²) in [6.45, 7) is 5.94. The lowest BCUT2D eigenvalue weighted by Gasteiger charge is -2.17. The van der Waals surface area contributed by atoms with Gasteiger partial charge in [0.25, 0.3) is 5.91 Å². The number of aliphatic imine (C=N–C) groups is 1. The number of nitrogens with zero attached hydrogens (tertiary/aromatic N) is 4. The normalized spacial score (nSPS) is 17.2. The van der Waals surface area contributed by atoms with Gasteiger partial charge in [0.2, 0.25) is 5.13 Å². The molecule has 11 heteroatoms. The van der Waals surface area contributed by atoms with E-state index in [-0.39, 0.29) is 5.91 Å². The summed E-state index contributed by atoms with van der Waals surface area (Å²) < 4.78 is 11.3. The molecular weight excluding hydrogens is 452 g/mol. The Kier molecular flexibility index (Phi) is 7.86. The van der Waals surface area contributed by atoms with Crippen LogP contribution in [-0.2, 0) is 16.0 Å². The number of benzene rings is 1. The van der Waals surface area contributed by atoms with Gasteiger partial charge in [-0.25, -0.2) is 4.79 Å². The molecule has 0 radical (unpaired) electrons. The van der Waals surface area contributed by atoms with Gasteiger partial charge in [0.1, 0.15) is 5.01 Å². The van der Waals surface area contributed by atoms with Crippen molar-refractivity contribution in [3.63, 3.8) is 0 Å². The smallest absolute Gasteiger partial charge is 0.344 e. The second kappa shape index (κ2) is 10.6. The predicted molar refractivity (Wildman–Crippen MR) is 125 cm³/mol. The van der Waals surface area contributed by atoms with Crippen molar-refractivity contribution in [3.8, 4) is 11.5 Å². The number of likely N-dealkylation sites (N-methyl/N-ethyl adjacent to an activating group) is 1. The van der Waals surface area contributed by atoms with E-state index in [1.54, 1.807) is 38.2 Å². The van der Waals surface area contributed by atoms with Crippen LogP contribution in [0.5, 0.6) is 11.5 Å². The Morgan fingerprint density at radius 2 is 2.06 bits per heavy atom. The molecule has 0 aliphatic carbocycles. The molecule has 0 bridgehead atoms. The van der Waals surface area contributed by atoms with E-state index in [2.05, 4.69) is 15.2 Å². The zero-order valence-electron chi connectivity index (χ0n) is 18.2. The van der Waals surface area contributed by atoms with Crippen molar-refractivity contribution >= 4 is 51.4 Å². The van der Waals surface area contributed by atoms with Crippen molar-refractivity contribution in [3.05, 3.63) is 33.7 Å². The first kappa shape index (κ1) is 23.7. The molecule has 1 aromatic carbocycles. The van der Waals surface area contributed by atoms with Crippen LogP contribution in [0, 0.1) is 0 Å². The number of carboxylic acids is 1. The van der Waals surface area contributed by atoms with E-state index in [9.17, 15) is 14.7 Å². The fourth-order valence-electron chi connectivity index (χ4n) is 2.76. The maximum atomic E-state index is 12.7. The van der Waals surface area contributed by atoms with Gasteiger partial charge >= 0.3 is 5.97 Å². The topological polar surface area (TPSA) is 114 Å². The lowest BCUT2D eigenvalue weighted by Crippen LogP contribution is -2.26. The first-order chi connectivity index (χ1) is 15.4. The number of aromatic nitrogens is 2. The Labute approximate surface area is 194 Å². The van der Waals surface area contributed by atoms with Gasteiger partial charge in [-0.05, 0) is 55.3 Å². The van der Waals surface area contributed by atoms with Crippen LogP contribution >= 0.6 is 23.1 Å². The van der Waals surface area contributed by atoms with Crippen LogP contribution < -0.4 is 9.47 Å². The highest BCUT2D eigenvalue weighted by molar-refractivity contribution is 8.18. The van der Waals surface area contributed by atoms with E-state index in [1.165, 1.54) is 28.0 Å². The number of hydrogen-bond donors (Lipinski definition) is 1. The maximum Gasteiger partial charge on any atom is 0.344 e. The van der Waals surface area contributed by atoms with Gasteiger partial charge in [-0.3, -0.25) is 9.69 Å². The first-order valence-corrected chi connectivity index (χ1v) is 11.7. The number of thioether (sulfide) groups is 1. The van der Waals surface area contributed by atoms with Gasteiger partial charge in [-0.1, -0.05) is 31.3 Å². The average Bonchev–Trinajstić information content (AvgIpc) is 3.33. The highest BCUT2D eigenvalue weighted by Gasteiger charge is 2.31. The largest absolute Gasteiger partial charge is 0.490 e. The molecule has 0 spiro atoms. The number of aliphatic carboxylic acids is 1. The first-order valence-electron chi connectivity index (χ1n) is 10.1. The predicted octanol–water partition coefficient (Wildman–Crippen LogP) is 3.98. The molecule has 1 fully saturated rings. The number of ether oxygens (including phenoxy) is 2. The minimum atomic E-state index is -1.04. The van der Waals surface area contributed by atoms with E-state index < -0.39 is 12.1 Å². The van der Waals surface area contributed by atoms with Gasteiger partial charge < -0.3 is 14.6 Å². The molecule has 1 atom stereocenters. The van der Waals surface area contributed by atoms with Crippen LogP contribution in [0.1, 0.15) is 37.8 Å². The van der Waals surface area contributed by atoms with Crippen LogP contribution in [0.25, 0.3) is 6.08 Å². The van der Waals surface area contributed by atoms with Gasteiger partial charge in [-0.2, -0.15) is 4.99 Å². The van der Waals surface area contributed by atoms with Gasteiger partial charge in [0.05, 0.1) is 11.5 Å². The third-order valence-corrected chi connectivity index (χ3v) is 6.46. The standard InChI is InChI=1S/C21H24N4O5S2/c1-5-13(19(27)28)30-14-9-8-12(10-15(14)29-7-3)11-16-18(26)25(4)21(31-16)22-20-24-23-17(6-2)32-20/h8-11,13H,5-7H2,1-4H3,(H,27,28)/b16-11+,22-21+. The number of hydrogen-bond acceptors (Lipinski definition) is 9. The van der Waals surface area contributed by atoms with Crippen molar-refractivity contribution in [2.75, 3.05) is 13.7 Å². The minimum absolute atomic E-state index is 0.177. The number of aryl methyl sites for hydroxylation is 1. The number of amidine groups is 1. The Hall–Kier alpha value is -2.92. The molecule has 1 aliphatic rings. The van der Waals surface area contributed by atoms with Crippen LogP contribution in [0.15, 0.2) is 28.1 Å². The summed E-state index contributed by atoms with van der Waals surface area (Å²) in [5.41, 5.74) is 0.721. The molecule has 1 amide bonds. The van der Waals surface area contributed by atoms with Crippen molar-refractivity contribution < 1.29 is 24.2 Å². The Bertz CT molecular complexity index is 1070. The molecule has 0 saturated carbocycles. The summed E-state index contributed by atoms with van der Waals surface area (Å²) in [5, 5.41) is 19.3. The summed E-state index contributed by atoms with van der Waals surface area (Å²) in [6, 6.07) is 5.13. The molecule has 1 aliphatic heterocycles. The van der Waals surface area contributed by atoms with E-state index in [1.807, 2.05) is 13.8 Å². The van der Waals surface area contributed by atoms with Crippen molar-refractivity contribution in [1.29, 1.82) is 0 Å². The number of carboxylic acid groups (broad SMARTS) is 1. The van der Waals surface area contributed by atoms with Crippen molar-refractivity contribution in [2.24, 2.45) is 4.99 Å². The number of rotatable bonds is 9. The van der Waals surface area contributed by atoms with E-state index in [0.717, 1.165) is 17.0 Å². The fraction of sp³-hybridized carbons (Fsp3) is 0.381. The van der Waals surface area contributed by atoms with Crippen LogP contribution in [-0.4, -0.2) is 57.0 Å². The molecule has 2 aromatic rings. The Balaban J connectivity index is 1.85. The highest BCUT2D eigenvalue weighted by atomic mass is 32.2. The molecule has 32 heavy (non-hydrogen) atoms. The summed E-state index contributed by atoms with van der Waals surface area (Å²) >= 11 is 2.64. The Morgan fingerprint density at radius 1 is 1.28 bits per heavy atom. The number of carbonyl (C=O) groups excluding carboxylic acids is 1. The SMILES string of the molecule is CCOc1cc(/C=C2/S/C(=N/c3nnc(CC)s3)N(C)C2=O)ccc1OC(CC)C(=O)O. The number of amides is 1. The van der Waals surface area contributed by atoms with E-state index in [0.29, 0.717) is 39.7 Å². The van der Waals surface area contributed by atoms with E-state index >= 15 is 0 Å². The molecule has 3 rings (SSSR count). The second-order valence-electron chi connectivity index (χ2n) is 6.69. The molecule has 1 unspecified atom stereocenters. The molecular formula is C21H24N4O5S2. The van der Waals surface area contributed by atoms with E-state index in [4.69, 9.17) is 9.47 Å². The lowest BCUT2D eigenvalue weighted by molar-refractivity contribution is -0.145. The quantitative estimate of drug-likeness (QED) is 0.541. The van der Waals surface area contributed by atoms with Crippen LogP contribution in [0.4, 0.5) is 5.13 Å². The zero-order valence-corrected chi connectivity index (χ0v) is 19.8. The molecule has 2 heterocycles.